The minimum atomic E-state index is 0.133. The minimum absolute atomic E-state index is 0.133. The van der Waals surface area contributed by atoms with Crippen molar-refractivity contribution < 1.29 is 14.6 Å². The molecule has 0 saturated heterocycles. The van der Waals surface area contributed by atoms with Crippen molar-refractivity contribution in [3.8, 4) is 0 Å². The first-order valence-corrected chi connectivity index (χ1v) is 6.04. The van der Waals surface area contributed by atoms with Gasteiger partial charge >= 0.3 is 0 Å². The van der Waals surface area contributed by atoms with Crippen LogP contribution in [0.3, 0.4) is 0 Å². The van der Waals surface area contributed by atoms with Crippen LogP contribution in [0.4, 0.5) is 0 Å². The number of oxime groups is 1. The van der Waals surface area contributed by atoms with Crippen molar-refractivity contribution in [1.82, 2.24) is 0 Å². The SMILES string of the molecule is O=C(CC[n+]1ccc(C=NO)cc1)c1ccccc1. The zero-order chi connectivity index (χ0) is 13.5. The molecule has 2 rings (SSSR count). The normalized spacial score (nSPS) is 10.7. The molecule has 0 unspecified atom stereocenters. The largest absolute Gasteiger partial charge is 0.411 e. The molecule has 1 aromatic carbocycles. The van der Waals surface area contributed by atoms with Crippen LogP contribution in [-0.2, 0) is 6.54 Å². The van der Waals surface area contributed by atoms with E-state index in [0.29, 0.717) is 13.0 Å². The Labute approximate surface area is 111 Å². The monoisotopic (exact) mass is 255 g/mol. The van der Waals surface area contributed by atoms with Crippen molar-refractivity contribution in [3.05, 3.63) is 66.0 Å². The van der Waals surface area contributed by atoms with Gasteiger partial charge in [-0.25, -0.2) is 4.57 Å². The number of carbonyl (C=O) groups excluding carboxylic acids is 1. The molecule has 0 atom stereocenters. The first kappa shape index (κ1) is 13.0. The highest BCUT2D eigenvalue weighted by atomic mass is 16.4. The number of aryl methyl sites for hydroxylation is 1. The average Bonchev–Trinajstić information content (AvgIpc) is 2.47. The maximum absolute atomic E-state index is 11.9. The third kappa shape index (κ3) is 3.74. The first-order chi connectivity index (χ1) is 9.29. The molecule has 0 spiro atoms. The molecule has 1 aromatic heterocycles. The second-order valence-electron chi connectivity index (χ2n) is 4.15. The number of aromatic nitrogens is 1. The van der Waals surface area contributed by atoms with Crippen molar-refractivity contribution in [1.29, 1.82) is 0 Å². The second kappa shape index (κ2) is 6.44. The number of Topliss-reactive ketones (excluding diaryl/α,β-unsaturated/α-hetero) is 1. The Bertz CT molecular complexity index is 562. The van der Waals surface area contributed by atoms with E-state index >= 15 is 0 Å². The van der Waals surface area contributed by atoms with Gasteiger partial charge in [0, 0.05) is 23.3 Å². The molecule has 0 aliphatic heterocycles. The van der Waals surface area contributed by atoms with Gasteiger partial charge in [-0.05, 0) is 0 Å². The van der Waals surface area contributed by atoms with Crippen LogP contribution in [0, 0.1) is 0 Å². The molecule has 0 aliphatic rings. The van der Waals surface area contributed by atoms with E-state index in [-0.39, 0.29) is 5.78 Å². The molecule has 19 heavy (non-hydrogen) atoms. The van der Waals surface area contributed by atoms with Crippen LogP contribution in [0.2, 0.25) is 0 Å². The Balaban J connectivity index is 1.94. The summed E-state index contributed by atoms with van der Waals surface area (Å²) in [7, 11) is 0. The summed E-state index contributed by atoms with van der Waals surface area (Å²) >= 11 is 0. The smallest absolute Gasteiger partial charge is 0.169 e. The summed E-state index contributed by atoms with van der Waals surface area (Å²) in [5.41, 5.74) is 1.56. The predicted molar refractivity (Wildman–Crippen MR) is 71.4 cm³/mol. The number of ketones is 1. The Morgan fingerprint density at radius 3 is 2.47 bits per heavy atom. The standard InChI is InChI=1S/C15H14N2O2/c18-15(14-4-2-1-3-5-14)8-11-17-9-6-13(7-10-17)12-16-19/h1-7,9-10,12H,8,11H2/p+1. The predicted octanol–water partition coefficient (Wildman–Crippen LogP) is 2.06. The number of carbonyl (C=O) groups is 1. The lowest BCUT2D eigenvalue weighted by atomic mass is 10.1. The van der Waals surface area contributed by atoms with E-state index in [1.54, 1.807) is 0 Å². The van der Waals surface area contributed by atoms with Crippen LogP contribution >= 0.6 is 0 Å². The van der Waals surface area contributed by atoms with E-state index in [1.165, 1.54) is 6.21 Å². The van der Waals surface area contributed by atoms with Crippen molar-refractivity contribution in [2.45, 2.75) is 13.0 Å². The zero-order valence-electron chi connectivity index (χ0n) is 10.4. The number of pyridine rings is 1. The molecule has 0 fully saturated rings. The Hall–Kier alpha value is -2.49. The van der Waals surface area contributed by atoms with Crippen molar-refractivity contribution in [3.63, 3.8) is 0 Å². The molecule has 0 radical (unpaired) electrons. The summed E-state index contributed by atoms with van der Waals surface area (Å²) in [6, 6.07) is 12.9. The fraction of sp³-hybridized carbons (Fsp3) is 0.133. The van der Waals surface area contributed by atoms with Gasteiger partial charge in [-0.3, -0.25) is 4.79 Å². The third-order valence-electron chi connectivity index (χ3n) is 2.82. The number of benzene rings is 1. The summed E-state index contributed by atoms with van der Waals surface area (Å²) in [5, 5.41) is 11.4. The quantitative estimate of drug-likeness (QED) is 0.292. The average molecular weight is 255 g/mol. The summed E-state index contributed by atoms with van der Waals surface area (Å²) in [4.78, 5) is 11.9. The molecular weight excluding hydrogens is 240 g/mol. The van der Waals surface area contributed by atoms with Crippen molar-refractivity contribution >= 4 is 12.0 Å². The van der Waals surface area contributed by atoms with Crippen LogP contribution in [0.1, 0.15) is 22.3 Å². The molecule has 0 aliphatic carbocycles. The summed E-state index contributed by atoms with van der Waals surface area (Å²) in [6.07, 6.45) is 5.53. The highest BCUT2D eigenvalue weighted by molar-refractivity contribution is 5.95. The fourth-order valence-electron chi connectivity index (χ4n) is 1.77. The van der Waals surface area contributed by atoms with E-state index in [1.807, 2.05) is 59.4 Å². The maximum Gasteiger partial charge on any atom is 0.169 e. The van der Waals surface area contributed by atoms with Crippen LogP contribution in [0.15, 0.2) is 60.0 Å². The van der Waals surface area contributed by atoms with Gasteiger partial charge in [0.15, 0.2) is 24.7 Å². The number of hydrogen-bond acceptors (Lipinski definition) is 3. The maximum atomic E-state index is 11.9. The Kier molecular flexibility index (Phi) is 4.39. The van der Waals surface area contributed by atoms with Crippen LogP contribution in [0.5, 0.6) is 0 Å². The Morgan fingerprint density at radius 2 is 1.84 bits per heavy atom. The summed E-state index contributed by atoms with van der Waals surface area (Å²) in [6.45, 7) is 0.629. The van der Waals surface area contributed by atoms with E-state index < -0.39 is 0 Å². The van der Waals surface area contributed by atoms with Gasteiger partial charge in [-0.2, -0.15) is 0 Å². The van der Waals surface area contributed by atoms with Gasteiger partial charge in [-0.1, -0.05) is 35.5 Å². The van der Waals surface area contributed by atoms with Gasteiger partial charge in [0.2, 0.25) is 0 Å². The van der Waals surface area contributed by atoms with Gasteiger partial charge < -0.3 is 5.21 Å². The molecule has 0 amide bonds. The molecule has 1 heterocycles. The topological polar surface area (TPSA) is 53.5 Å². The van der Waals surface area contributed by atoms with E-state index in [2.05, 4.69) is 5.16 Å². The number of hydrogen-bond donors (Lipinski definition) is 1. The molecule has 4 heteroatoms. The van der Waals surface area contributed by atoms with E-state index in [4.69, 9.17) is 5.21 Å². The van der Waals surface area contributed by atoms with Crippen LogP contribution < -0.4 is 4.57 Å². The lowest BCUT2D eigenvalue weighted by Gasteiger charge is -1.99. The second-order valence-corrected chi connectivity index (χ2v) is 4.15. The lowest BCUT2D eigenvalue weighted by Crippen LogP contribution is -2.33. The van der Waals surface area contributed by atoms with E-state index in [9.17, 15) is 4.79 Å². The summed E-state index contributed by atoms with van der Waals surface area (Å²) < 4.78 is 1.93. The Morgan fingerprint density at radius 1 is 1.16 bits per heavy atom. The minimum Gasteiger partial charge on any atom is -0.411 e. The molecule has 0 saturated carbocycles. The number of nitrogens with zero attached hydrogens (tertiary/aromatic N) is 2. The van der Waals surface area contributed by atoms with Crippen LogP contribution in [-0.4, -0.2) is 17.2 Å². The first-order valence-electron chi connectivity index (χ1n) is 6.04. The molecule has 4 nitrogen and oxygen atoms in total. The highest BCUT2D eigenvalue weighted by Gasteiger charge is 2.08. The molecule has 1 N–H and O–H groups in total. The van der Waals surface area contributed by atoms with Crippen molar-refractivity contribution in [2.75, 3.05) is 0 Å². The van der Waals surface area contributed by atoms with Gasteiger partial charge in [0.05, 0.1) is 12.6 Å². The molecule has 0 bridgehead atoms. The van der Waals surface area contributed by atoms with E-state index in [0.717, 1.165) is 11.1 Å². The summed E-state index contributed by atoms with van der Waals surface area (Å²) in [5.74, 6) is 0.133. The number of rotatable bonds is 5. The molecule has 96 valence electrons. The van der Waals surface area contributed by atoms with Crippen LogP contribution in [0.25, 0.3) is 0 Å². The third-order valence-corrected chi connectivity index (χ3v) is 2.82. The molecular formula is C15H15N2O2+. The highest BCUT2D eigenvalue weighted by Crippen LogP contribution is 2.02. The molecule has 2 aromatic rings. The lowest BCUT2D eigenvalue weighted by molar-refractivity contribution is -0.695. The zero-order valence-corrected chi connectivity index (χ0v) is 10.4. The van der Waals surface area contributed by atoms with Gasteiger partial charge in [0.1, 0.15) is 0 Å². The van der Waals surface area contributed by atoms with Gasteiger partial charge in [0.25, 0.3) is 0 Å². The fourth-order valence-corrected chi connectivity index (χ4v) is 1.77. The van der Waals surface area contributed by atoms with Gasteiger partial charge in [-0.15, -0.1) is 0 Å². The van der Waals surface area contributed by atoms with Crippen molar-refractivity contribution in [2.24, 2.45) is 5.16 Å².